The smallest absolute Gasteiger partial charge is 0.161 e. The molecule has 0 saturated heterocycles. The first kappa shape index (κ1) is 14.8. The predicted octanol–water partition coefficient (Wildman–Crippen LogP) is 0.544. The molecule has 0 bridgehead atoms. The van der Waals surface area contributed by atoms with Crippen LogP contribution in [0.15, 0.2) is 18.2 Å². The van der Waals surface area contributed by atoms with Crippen molar-refractivity contribution in [3.63, 3.8) is 0 Å². The Morgan fingerprint density at radius 1 is 1.06 bits per heavy atom. The second-order valence-electron chi connectivity index (χ2n) is 4.57. The van der Waals surface area contributed by atoms with Gasteiger partial charge in [-0.05, 0) is 24.6 Å². The molecule has 0 heterocycles. The number of rotatable bonds is 8. The van der Waals surface area contributed by atoms with E-state index in [1.807, 2.05) is 25.1 Å². The Balaban J connectivity index is 2.27. The molecule has 0 fully saturated rings. The van der Waals surface area contributed by atoms with Crippen LogP contribution in [-0.4, -0.2) is 47.6 Å². The molecule has 0 unspecified atom stereocenters. The SMILES string of the molecule is COc1cc(C)ccc1OCCOCC[NH+](C)C. The van der Waals surface area contributed by atoms with Crippen LogP contribution in [0.5, 0.6) is 11.5 Å². The highest BCUT2D eigenvalue weighted by atomic mass is 16.5. The fourth-order valence-electron chi connectivity index (χ4n) is 1.48. The molecule has 4 heteroatoms. The molecule has 0 spiro atoms. The summed E-state index contributed by atoms with van der Waals surface area (Å²) in [6.07, 6.45) is 0. The van der Waals surface area contributed by atoms with E-state index in [1.54, 1.807) is 7.11 Å². The van der Waals surface area contributed by atoms with Gasteiger partial charge >= 0.3 is 0 Å². The predicted molar refractivity (Wildman–Crippen MR) is 71.7 cm³/mol. The Bertz CT molecular complexity index is 353. The molecule has 4 nitrogen and oxygen atoms in total. The lowest BCUT2D eigenvalue weighted by Crippen LogP contribution is -3.06. The molecule has 0 aliphatic rings. The zero-order valence-electron chi connectivity index (χ0n) is 11.8. The third-order valence-corrected chi connectivity index (χ3v) is 2.55. The number of benzene rings is 1. The summed E-state index contributed by atoms with van der Waals surface area (Å²) < 4.78 is 16.4. The van der Waals surface area contributed by atoms with Gasteiger partial charge in [0, 0.05) is 0 Å². The highest BCUT2D eigenvalue weighted by Crippen LogP contribution is 2.27. The maximum absolute atomic E-state index is 5.63. The largest absolute Gasteiger partial charge is 0.493 e. The number of hydrogen-bond acceptors (Lipinski definition) is 3. The Morgan fingerprint density at radius 3 is 2.50 bits per heavy atom. The van der Waals surface area contributed by atoms with Gasteiger partial charge in [0.15, 0.2) is 11.5 Å². The van der Waals surface area contributed by atoms with Gasteiger partial charge in [0.05, 0.1) is 34.4 Å². The third kappa shape index (κ3) is 5.38. The van der Waals surface area contributed by atoms with Crippen molar-refractivity contribution < 1.29 is 19.1 Å². The Kier molecular flexibility index (Phi) is 6.54. The van der Waals surface area contributed by atoms with Crippen molar-refractivity contribution in [3.05, 3.63) is 23.8 Å². The minimum absolute atomic E-state index is 0.544. The molecular weight excluding hydrogens is 230 g/mol. The number of nitrogens with one attached hydrogen (secondary N) is 1. The van der Waals surface area contributed by atoms with Crippen molar-refractivity contribution in [1.82, 2.24) is 0 Å². The number of ether oxygens (including phenoxy) is 3. The molecule has 0 aliphatic carbocycles. The fourth-order valence-corrected chi connectivity index (χ4v) is 1.48. The van der Waals surface area contributed by atoms with Crippen LogP contribution in [-0.2, 0) is 4.74 Å². The molecule has 1 rings (SSSR count). The molecule has 0 saturated carbocycles. The molecule has 1 N–H and O–H groups in total. The van der Waals surface area contributed by atoms with Gasteiger partial charge in [0.1, 0.15) is 13.2 Å². The first-order valence-corrected chi connectivity index (χ1v) is 6.27. The minimum Gasteiger partial charge on any atom is -0.493 e. The van der Waals surface area contributed by atoms with E-state index < -0.39 is 0 Å². The van der Waals surface area contributed by atoms with E-state index in [2.05, 4.69) is 14.1 Å². The summed E-state index contributed by atoms with van der Waals surface area (Å²) in [6, 6.07) is 5.90. The fraction of sp³-hybridized carbons (Fsp3) is 0.571. The molecule has 1 aromatic rings. The van der Waals surface area contributed by atoms with Crippen molar-refractivity contribution in [2.45, 2.75) is 6.92 Å². The van der Waals surface area contributed by atoms with Gasteiger partial charge in [0.25, 0.3) is 0 Å². The standard InChI is InChI=1S/C14H23NO3/c1-12-5-6-13(14(11-12)16-4)18-10-9-17-8-7-15(2)3/h5-6,11H,7-10H2,1-4H3/p+1. The second-order valence-corrected chi connectivity index (χ2v) is 4.57. The molecule has 102 valence electrons. The summed E-state index contributed by atoms with van der Waals surface area (Å²) in [5, 5.41) is 0. The van der Waals surface area contributed by atoms with E-state index in [9.17, 15) is 0 Å². The Morgan fingerprint density at radius 2 is 1.83 bits per heavy atom. The number of quaternary nitrogens is 1. The summed E-state index contributed by atoms with van der Waals surface area (Å²) in [4.78, 5) is 1.39. The van der Waals surface area contributed by atoms with Gasteiger partial charge in [-0.2, -0.15) is 0 Å². The van der Waals surface area contributed by atoms with Crippen LogP contribution in [0.3, 0.4) is 0 Å². The Labute approximate surface area is 109 Å². The van der Waals surface area contributed by atoms with Gasteiger partial charge < -0.3 is 19.1 Å². The van der Waals surface area contributed by atoms with Crippen LogP contribution in [0.25, 0.3) is 0 Å². The van der Waals surface area contributed by atoms with Gasteiger partial charge in [-0.3, -0.25) is 0 Å². The number of methoxy groups -OCH3 is 1. The van der Waals surface area contributed by atoms with Crippen LogP contribution in [0.2, 0.25) is 0 Å². The topological polar surface area (TPSA) is 32.1 Å². The molecule has 18 heavy (non-hydrogen) atoms. The van der Waals surface area contributed by atoms with Crippen LogP contribution in [0.4, 0.5) is 0 Å². The van der Waals surface area contributed by atoms with Crippen molar-refractivity contribution in [2.24, 2.45) is 0 Å². The van der Waals surface area contributed by atoms with Gasteiger partial charge in [0.2, 0.25) is 0 Å². The molecule has 0 atom stereocenters. The lowest BCUT2D eigenvalue weighted by molar-refractivity contribution is -0.858. The summed E-state index contributed by atoms with van der Waals surface area (Å²) in [7, 11) is 5.87. The van der Waals surface area contributed by atoms with Crippen molar-refractivity contribution in [2.75, 3.05) is 47.6 Å². The minimum atomic E-state index is 0.544. The first-order chi connectivity index (χ1) is 8.63. The Hall–Kier alpha value is -1.26. The van der Waals surface area contributed by atoms with E-state index >= 15 is 0 Å². The number of hydrogen-bond donors (Lipinski definition) is 1. The summed E-state index contributed by atoms with van der Waals surface area (Å²) in [6.45, 7) is 4.94. The summed E-state index contributed by atoms with van der Waals surface area (Å²) in [5.41, 5.74) is 1.16. The molecule has 1 aromatic carbocycles. The third-order valence-electron chi connectivity index (χ3n) is 2.55. The molecule has 0 radical (unpaired) electrons. The van der Waals surface area contributed by atoms with E-state index in [0.717, 1.165) is 30.2 Å². The first-order valence-electron chi connectivity index (χ1n) is 6.27. The lowest BCUT2D eigenvalue weighted by atomic mass is 10.2. The van der Waals surface area contributed by atoms with Gasteiger partial charge in [-0.25, -0.2) is 0 Å². The monoisotopic (exact) mass is 254 g/mol. The highest BCUT2D eigenvalue weighted by molar-refractivity contribution is 5.42. The lowest BCUT2D eigenvalue weighted by Gasteiger charge is -2.12. The molecular formula is C14H24NO3+. The van der Waals surface area contributed by atoms with E-state index in [-0.39, 0.29) is 0 Å². The van der Waals surface area contributed by atoms with Crippen LogP contribution < -0.4 is 14.4 Å². The zero-order chi connectivity index (χ0) is 13.4. The van der Waals surface area contributed by atoms with Gasteiger partial charge in [-0.15, -0.1) is 0 Å². The molecule has 0 aliphatic heterocycles. The average molecular weight is 254 g/mol. The number of likely N-dealkylation sites (N-methyl/N-ethyl adjacent to an activating group) is 1. The number of aryl methyl sites for hydroxylation is 1. The quantitative estimate of drug-likeness (QED) is 0.687. The maximum atomic E-state index is 5.63. The second kappa shape index (κ2) is 7.95. The summed E-state index contributed by atoms with van der Waals surface area (Å²) >= 11 is 0. The van der Waals surface area contributed by atoms with Crippen LogP contribution in [0, 0.1) is 6.92 Å². The van der Waals surface area contributed by atoms with E-state index in [0.29, 0.717) is 13.2 Å². The maximum Gasteiger partial charge on any atom is 0.161 e. The van der Waals surface area contributed by atoms with E-state index in [1.165, 1.54) is 4.90 Å². The van der Waals surface area contributed by atoms with E-state index in [4.69, 9.17) is 14.2 Å². The van der Waals surface area contributed by atoms with Crippen LogP contribution >= 0.6 is 0 Å². The van der Waals surface area contributed by atoms with Crippen molar-refractivity contribution in [1.29, 1.82) is 0 Å². The van der Waals surface area contributed by atoms with Crippen LogP contribution in [0.1, 0.15) is 5.56 Å². The zero-order valence-corrected chi connectivity index (χ0v) is 11.8. The van der Waals surface area contributed by atoms with Gasteiger partial charge in [-0.1, -0.05) is 6.07 Å². The summed E-state index contributed by atoms with van der Waals surface area (Å²) in [5.74, 6) is 1.54. The van der Waals surface area contributed by atoms with Crippen molar-refractivity contribution >= 4 is 0 Å². The average Bonchev–Trinajstić information content (AvgIpc) is 2.34. The van der Waals surface area contributed by atoms with Crippen molar-refractivity contribution in [3.8, 4) is 11.5 Å². The molecule has 0 amide bonds. The highest BCUT2D eigenvalue weighted by Gasteiger charge is 2.03. The molecule has 0 aromatic heterocycles. The normalized spacial score (nSPS) is 10.7.